The molecule has 0 N–H and O–H groups in total. The number of ether oxygens (including phenoxy) is 1. The lowest BCUT2D eigenvalue weighted by atomic mass is 10.1. The van der Waals surface area contributed by atoms with Crippen molar-refractivity contribution in [2.75, 3.05) is 13.1 Å². The second kappa shape index (κ2) is 7.15. The van der Waals surface area contributed by atoms with Crippen molar-refractivity contribution in [1.82, 2.24) is 4.90 Å². The molecule has 2 rings (SSSR count). The van der Waals surface area contributed by atoms with Crippen molar-refractivity contribution in [3.63, 3.8) is 0 Å². The summed E-state index contributed by atoms with van der Waals surface area (Å²) in [5.74, 6) is -0.171. The molecule has 0 saturated carbocycles. The van der Waals surface area contributed by atoms with Crippen LogP contribution in [0.1, 0.15) is 17.5 Å². The maximum absolute atomic E-state index is 12.4. The fourth-order valence-corrected chi connectivity index (χ4v) is 2.34. The normalized spacial score (nSPS) is 19.1. The van der Waals surface area contributed by atoms with Gasteiger partial charge in [0.2, 0.25) is 5.91 Å². The predicted molar refractivity (Wildman–Crippen MR) is 76.2 cm³/mol. The lowest BCUT2D eigenvalue weighted by Crippen LogP contribution is -2.28. The molecule has 0 radical (unpaired) electrons. The number of hydrogen-bond donors (Lipinski definition) is 0. The molecule has 22 heavy (non-hydrogen) atoms. The number of carbonyl (C=O) groups is 1. The molecule has 1 atom stereocenters. The van der Waals surface area contributed by atoms with Gasteiger partial charge in [-0.25, -0.2) is 0 Å². The summed E-state index contributed by atoms with van der Waals surface area (Å²) in [6.45, 7) is 1.26. The van der Waals surface area contributed by atoms with Gasteiger partial charge in [0.15, 0.2) is 0 Å². The van der Waals surface area contributed by atoms with Crippen LogP contribution in [0.4, 0.5) is 13.2 Å². The SMILES string of the molecule is O=C(/C=C\Cl)N1CC[C@H](OCc2ccc(C(F)(F)F)cc2)C1. The Kier molecular flexibility index (Phi) is 5.47. The van der Waals surface area contributed by atoms with E-state index in [1.54, 1.807) is 4.90 Å². The standard InChI is InChI=1S/C15H15ClF3NO2/c16-7-5-14(21)20-8-6-13(9-20)22-10-11-1-3-12(4-2-11)15(17,18)19/h1-5,7,13H,6,8-10H2/b7-5-/t13-/m0/s1. The minimum absolute atomic E-state index is 0.116. The number of alkyl halides is 3. The van der Waals surface area contributed by atoms with E-state index >= 15 is 0 Å². The Morgan fingerprint density at radius 3 is 2.64 bits per heavy atom. The summed E-state index contributed by atoms with van der Waals surface area (Å²) in [4.78, 5) is 13.2. The molecule has 1 aliphatic rings. The number of halogens is 4. The summed E-state index contributed by atoms with van der Waals surface area (Å²) in [5, 5.41) is 0. The molecule has 1 aromatic rings. The molecule has 120 valence electrons. The third kappa shape index (κ3) is 4.48. The minimum Gasteiger partial charge on any atom is -0.372 e. The highest BCUT2D eigenvalue weighted by molar-refractivity contribution is 6.26. The first-order valence-corrected chi connectivity index (χ1v) is 7.17. The van der Waals surface area contributed by atoms with Gasteiger partial charge in [-0.05, 0) is 24.1 Å². The molecular weight excluding hydrogens is 319 g/mol. The molecule has 0 unspecified atom stereocenters. The summed E-state index contributed by atoms with van der Waals surface area (Å²) in [5.41, 5.74) is 1.15. The van der Waals surface area contributed by atoms with E-state index in [9.17, 15) is 18.0 Å². The monoisotopic (exact) mass is 333 g/mol. The number of rotatable bonds is 4. The Labute approximate surface area is 131 Å². The zero-order chi connectivity index (χ0) is 16.2. The summed E-state index contributed by atoms with van der Waals surface area (Å²) in [6, 6.07) is 4.87. The number of benzene rings is 1. The summed E-state index contributed by atoms with van der Waals surface area (Å²) >= 11 is 5.36. The first kappa shape index (κ1) is 16.8. The number of amides is 1. The van der Waals surface area contributed by atoms with Crippen LogP contribution in [0.25, 0.3) is 0 Å². The number of nitrogens with zero attached hydrogens (tertiary/aromatic N) is 1. The number of carbonyl (C=O) groups excluding carboxylic acids is 1. The van der Waals surface area contributed by atoms with Crippen LogP contribution < -0.4 is 0 Å². The van der Waals surface area contributed by atoms with Crippen LogP contribution in [0, 0.1) is 0 Å². The third-order valence-corrected chi connectivity index (χ3v) is 3.56. The number of hydrogen-bond acceptors (Lipinski definition) is 2. The van der Waals surface area contributed by atoms with E-state index in [1.807, 2.05) is 0 Å². The van der Waals surface area contributed by atoms with Gasteiger partial charge in [-0.3, -0.25) is 4.79 Å². The van der Waals surface area contributed by atoms with Crippen LogP contribution >= 0.6 is 11.6 Å². The second-order valence-corrected chi connectivity index (χ2v) is 5.25. The Morgan fingerprint density at radius 2 is 2.05 bits per heavy atom. The first-order valence-electron chi connectivity index (χ1n) is 6.73. The maximum Gasteiger partial charge on any atom is 0.416 e. The zero-order valence-electron chi connectivity index (χ0n) is 11.6. The fraction of sp³-hybridized carbons (Fsp3) is 0.400. The highest BCUT2D eigenvalue weighted by atomic mass is 35.5. The van der Waals surface area contributed by atoms with Crippen LogP contribution in [0.15, 0.2) is 35.9 Å². The lowest BCUT2D eigenvalue weighted by Gasteiger charge is -2.15. The zero-order valence-corrected chi connectivity index (χ0v) is 12.4. The molecule has 1 aliphatic heterocycles. The lowest BCUT2D eigenvalue weighted by molar-refractivity contribution is -0.137. The average molecular weight is 334 g/mol. The molecule has 0 bridgehead atoms. The maximum atomic E-state index is 12.4. The molecule has 0 spiro atoms. The summed E-state index contributed by atoms with van der Waals surface area (Å²) in [6.07, 6.45) is -2.47. The van der Waals surface area contributed by atoms with Crippen molar-refractivity contribution < 1.29 is 22.7 Å². The predicted octanol–water partition coefficient (Wildman–Crippen LogP) is 3.58. The van der Waals surface area contributed by atoms with Crippen LogP contribution in [-0.4, -0.2) is 30.0 Å². The van der Waals surface area contributed by atoms with Crippen molar-refractivity contribution in [1.29, 1.82) is 0 Å². The summed E-state index contributed by atoms with van der Waals surface area (Å²) in [7, 11) is 0. The van der Waals surface area contributed by atoms with E-state index in [-0.39, 0.29) is 18.6 Å². The molecule has 1 saturated heterocycles. The van der Waals surface area contributed by atoms with Crippen LogP contribution in [0.2, 0.25) is 0 Å². The van der Waals surface area contributed by atoms with Crippen LogP contribution in [0.5, 0.6) is 0 Å². The Hall–Kier alpha value is -1.53. The average Bonchev–Trinajstić information content (AvgIpc) is 2.94. The second-order valence-electron chi connectivity index (χ2n) is 4.99. The largest absolute Gasteiger partial charge is 0.416 e. The minimum atomic E-state index is -4.33. The van der Waals surface area contributed by atoms with Gasteiger partial charge in [0.25, 0.3) is 0 Å². The van der Waals surface area contributed by atoms with E-state index in [0.29, 0.717) is 25.1 Å². The van der Waals surface area contributed by atoms with Gasteiger partial charge < -0.3 is 9.64 Å². The molecule has 1 amide bonds. The van der Waals surface area contributed by atoms with E-state index in [1.165, 1.54) is 23.7 Å². The molecule has 0 aromatic heterocycles. The van der Waals surface area contributed by atoms with E-state index in [0.717, 1.165) is 12.1 Å². The molecule has 1 aromatic carbocycles. The Bertz CT molecular complexity index is 543. The van der Waals surface area contributed by atoms with Crippen LogP contribution in [0.3, 0.4) is 0 Å². The smallest absolute Gasteiger partial charge is 0.372 e. The van der Waals surface area contributed by atoms with E-state index in [4.69, 9.17) is 16.3 Å². The van der Waals surface area contributed by atoms with Crippen molar-refractivity contribution in [3.8, 4) is 0 Å². The molecule has 7 heteroatoms. The number of likely N-dealkylation sites (tertiary alicyclic amines) is 1. The Morgan fingerprint density at radius 1 is 1.36 bits per heavy atom. The van der Waals surface area contributed by atoms with Crippen molar-refractivity contribution in [2.24, 2.45) is 0 Å². The van der Waals surface area contributed by atoms with Gasteiger partial charge in [0, 0.05) is 24.7 Å². The van der Waals surface area contributed by atoms with Gasteiger partial charge in [-0.1, -0.05) is 23.7 Å². The topological polar surface area (TPSA) is 29.5 Å². The van der Waals surface area contributed by atoms with Crippen molar-refractivity contribution >= 4 is 17.5 Å². The van der Waals surface area contributed by atoms with Gasteiger partial charge in [-0.2, -0.15) is 13.2 Å². The Balaban J connectivity index is 1.83. The highest BCUT2D eigenvalue weighted by Crippen LogP contribution is 2.29. The van der Waals surface area contributed by atoms with Crippen molar-refractivity contribution in [2.45, 2.75) is 25.3 Å². The van der Waals surface area contributed by atoms with E-state index in [2.05, 4.69) is 0 Å². The first-order chi connectivity index (χ1) is 10.4. The van der Waals surface area contributed by atoms with Gasteiger partial charge in [0.1, 0.15) is 0 Å². The molecule has 0 aliphatic carbocycles. The molecule has 1 heterocycles. The van der Waals surface area contributed by atoms with Crippen molar-refractivity contribution in [3.05, 3.63) is 47.0 Å². The fourth-order valence-electron chi connectivity index (χ4n) is 2.23. The van der Waals surface area contributed by atoms with Gasteiger partial charge in [-0.15, -0.1) is 0 Å². The third-order valence-electron chi connectivity index (χ3n) is 3.43. The molecule has 3 nitrogen and oxygen atoms in total. The van der Waals surface area contributed by atoms with Crippen LogP contribution in [-0.2, 0) is 22.3 Å². The molecular formula is C15H15ClF3NO2. The van der Waals surface area contributed by atoms with Gasteiger partial charge >= 0.3 is 6.18 Å². The summed E-state index contributed by atoms with van der Waals surface area (Å²) < 4.78 is 43.0. The quantitative estimate of drug-likeness (QED) is 0.788. The highest BCUT2D eigenvalue weighted by Gasteiger charge is 2.30. The van der Waals surface area contributed by atoms with Gasteiger partial charge in [0.05, 0.1) is 18.3 Å². The van der Waals surface area contributed by atoms with E-state index < -0.39 is 11.7 Å². The molecule has 1 fully saturated rings.